The number of hydrogen-bond acceptors (Lipinski definition) is 4. The van der Waals surface area contributed by atoms with E-state index in [9.17, 15) is 4.79 Å². The Morgan fingerprint density at radius 2 is 2.31 bits per heavy atom. The molecular weight excluding hydrogens is 206 g/mol. The zero-order valence-electron chi connectivity index (χ0n) is 9.02. The van der Waals surface area contributed by atoms with Gasteiger partial charge in [-0.05, 0) is 19.0 Å². The quantitative estimate of drug-likeness (QED) is 0.764. The first-order chi connectivity index (χ1) is 7.79. The number of pyridine rings is 1. The summed E-state index contributed by atoms with van der Waals surface area (Å²) < 4.78 is 0. The lowest BCUT2D eigenvalue weighted by molar-refractivity contribution is 0.0697. The van der Waals surface area contributed by atoms with Crippen LogP contribution in [0.5, 0.6) is 0 Å². The fourth-order valence-electron chi connectivity index (χ4n) is 1.91. The van der Waals surface area contributed by atoms with Gasteiger partial charge in [-0.2, -0.15) is 0 Å². The third-order valence-corrected chi connectivity index (χ3v) is 2.71. The van der Waals surface area contributed by atoms with E-state index in [2.05, 4.69) is 15.2 Å². The second kappa shape index (κ2) is 4.94. The Kier molecular flexibility index (Phi) is 3.36. The molecule has 1 aliphatic heterocycles. The molecule has 2 N–H and O–H groups in total. The van der Waals surface area contributed by atoms with Crippen LogP contribution in [0.25, 0.3) is 0 Å². The van der Waals surface area contributed by atoms with Crippen molar-refractivity contribution in [2.24, 2.45) is 0 Å². The number of aromatic carboxylic acids is 1. The molecule has 5 nitrogen and oxygen atoms in total. The molecule has 1 aromatic rings. The van der Waals surface area contributed by atoms with Crippen LogP contribution in [-0.4, -0.2) is 42.2 Å². The smallest absolute Gasteiger partial charge is 0.339 e. The largest absolute Gasteiger partial charge is 0.478 e. The predicted molar refractivity (Wildman–Crippen MR) is 60.9 cm³/mol. The number of nitrogens with zero attached hydrogens (tertiary/aromatic N) is 2. The first kappa shape index (κ1) is 10.9. The summed E-state index contributed by atoms with van der Waals surface area (Å²) in [6.07, 6.45) is 4.08. The number of carbonyl (C=O) groups is 1. The van der Waals surface area contributed by atoms with Crippen LogP contribution in [-0.2, 0) is 0 Å². The highest BCUT2D eigenvalue weighted by atomic mass is 16.4. The second-order valence-electron chi connectivity index (χ2n) is 3.79. The van der Waals surface area contributed by atoms with Gasteiger partial charge in [0.1, 0.15) is 5.56 Å². The van der Waals surface area contributed by atoms with E-state index in [-0.39, 0.29) is 5.56 Å². The standard InChI is InChI=1S/C11H15N3O2/c15-11(16)9-8-13-4-2-10(9)14-6-1-3-12-5-7-14/h2,4,8,12H,1,3,5-7H2,(H,15,16). The van der Waals surface area contributed by atoms with Crippen molar-refractivity contribution in [2.75, 3.05) is 31.1 Å². The topological polar surface area (TPSA) is 65.5 Å². The Bertz CT molecular complexity index is 373. The fourth-order valence-corrected chi connectivity index (χ4v) is 1.91. The number of anilines is 1. The summed E-state index contributed by atoms with van der Waals surface area (Å²) in [5.41, 5.74) is 1.05. The summed E-state index contributed by atoms with van der Waals surface area (Å²) in [6.45, 7) is 3.60. The van der Waals surface area contributed by atoms with E-state index < -0.39 is 5.97 Å². The van der Waals surface area contributed by atoms with Gasteiger partial charge >= 0.3 is 5.97 Å². The molecule has 0 aromatic carbocycles. The zero-order valence-corrected chi connectivity index (χ0v) is 9.02. The van der Waals surface area contributed by atoms with Gasteiger partial charge in [-0.1, -0.05) is 0 Å². The molecule has 1 fully saturated rings. The molecule has 0 unspecified atom stereocenters. The molecule has 16 heavy (non-hydrogen) atoms. The summed E-state index contributed by atoms with van der Waals surface area (Å²) in [6, 6.07) is 1.77. The van der Waals surface area contributed by atoms with Gasteiger partial charge in [-0.25, -0.2) is 4.79 Å². The molecular formula is C11H15N3O2. The van der Waals surface area contributed by atoms with Gasteiger partial charge < -0.3 is 15.3 Å². The van der Waals surface area contributed by atoms with Crippen LogP contribution in [0.15, 0.2) is 18.5 Å². The van der Waals surface area contributed by atoms with Gasteiger partial charge in [0.25, 0.3) is 0 Å². The normalized spacial score (nSPS) is 16.9. The maximum atomic E-state index is 11.1. The maximum Gasteiger partial charge on any atom is 0.339 e. The lowest BCUT2D eigenvalue weighted by Crippen LogP contribution is -2.29. The van der Waals surface area contributed by atoms with E-state index in [1.54, 1.807) is 12.3 Å². The molecule has 0 spiro atoms. The average Bonchev–Trinajstić information content (AvgIpc) is 2.57. The van der Waals surface area contributed by atoms with Gasteiger partial charge in [-0.3, -0.25) is 4.98 Å². The highest BCUT2D eigenvalue weighted by Gasteiger charge is 2.16. The number of nitrogens with one attached hydrogen (secondary N) is 1. The van der Waals surface area contributed by atoms with E-state index in [0.717, 1.165) is 38.3 Å². The van der Waals surface area contributed by atoms with Gasteiger partial charge in [0.05, 0.1) is 5.69 Å². The molecule has 1 saturated heterocycles. The highest BCUT2D eigenvalue weighted by molar-refractivity contribution is 5.94. The monoisotopic (exact) mass is 221 g/mol. The van der Waals surface area contributed by atoms with Crippen LogP contribution >= 0.6 is 0 Å². The van der Waals surface area contributed by atoms with Crippen molar-refractivity contribution in [3.05, 3.63) is 24.0 Å². The molecule has 0 saturated carbocycles. The molecule has 0 bridgehead atoms. The minimum atomic E-state index is -0.916. The molecule has 0 atom stereocenters. The van der Waals surface area contributed by atoms with Crippen molar-refractivity contribution < 1.29 is 9.90 Å². The number of aromatic nitrogens is 1. The zero-order chi connectivity index (χ0) is 11.4. The molecule has 0 aliphatic carbocycles. The number of carboxylic acid groups (broad SMARTS) is 1. The van der Waals surface area contributed by atoms with Gasteiger partial charge in [-0.15, -0.1) is 0 Å². The number of carboxylic acids is 1. The minimum Gasteiger partial charge on any atom is -0.478 e. The van der Waals surface area contributed by atoms with Crippen molar-refractivity contribution in [3.8, 4) is 0 Å². The average molecular weight is 221 g/mol. The van der Waals surface area contributed by atoms with E-state index in [4.69, 9.17) is 5.11 Å². The van der Waals surface area contributed by atoms with Crippen LogP contribution in [0.1, 0.15) is 16.8 Å². The molecule has 1 aliphatic rings. The van der Waals surface area contributed by atoms with Crippen LogP contribution in [0.3, 0.4) is 0 Å². The first-order valence-corrected chi connectivity index (χ1v) is 5.42. The van der Waals surface area contributed by atoms with Gasteiger partial charge in [0.2, 0.25) is 0 Å². The summed E-state index contributed by atoms with van der Waals surface area (Å²) >= 11 is 0. The number of rotatable bonds is 2. The second-order valence-corrected chi connectivity index (χ2v) is 3.79. The van der Waals surface area contributed by atoms with Gasteiger partial charge in [0.15, 0.2) is 0 Å². The first-order valence-electron chi connectivity index (χ1n) is 5.42. The molecule has 5 heteroatoms. The minimum absolute atomic E-state index is 0.282. The Hall–Kier alpha value is -1.62. The van der Waals surface area contributed by atoms with Crippen LogP contribution in [0.2, 0.25) is 0 Å². The third kappa shape index (κ3) is 2.30. The van der Waals surface area contributed by atoms with Crippen molar-refractivity contribution in [2.45, 2.75) is 6.42 Å². The summed E-state index contributed by atoms with van der Waals surface area (Å²) in [5, 5.41) is 12.4. The highest BCUT2D eigenvalue weighted by Crippen LogP contribution is 2.19. The van der Waals surface area contributed by atoms with Crippen molar-refractivity contribution in [1.82, 2.24) is 10.3 Å². The number of hydrogen-bond donors (Lipinski definition) is 2. The van der Waals surface area contributed by atoms with Gasteiger partial charge in [0, 0.05) is 32.0 Å². The van der Waals surface area contributed by atoms with E-state index in [1.165, 1.54) is 6.20 Å². The van der Waals surface area contributed by atoms with Crippen molar-refractivity contribution in [1.29, 1.82) is 0 Å². The predicted octanol–water partition coefficient (Wildman–Crippen LogP) is 0.579. The molecule has 2 rings (SSSR count). The van der Waals surface area contributed by atoms with E-state index in [1.807, 2.05) is 0 Å². The molecule has 0 radical (unpaired) electrons. The molecule has 0 amide bonds. The summed E-state index contributed by atoms with van der Waals surface area (Å²) in [7, 11) is 0. The Labute approximate surface area is 94.1 Å². The summed E-state index contributed by atoms with van der Waals surface area (Å²) in [5.74, 6) is -0.916. The van der Waals surface area contributed by atoms with Crippen molar-refractivity contribution >= 4 is 11.7 Å². The Morgan fingerprint density at radius 3 is 3.12 bits per heavy atom. The van der Waals surface area contributed by atoms with Crippen LogP contribution in [0, 0.1) is 0 Å². The SMILES string of the molecule is O=C(O)c1cnccc1N1CCCNCC1. The molecule has 86 valence electrons. The van der Waals surface area contributed by atoms with E-state index >= 15 is 0 Å². The third-order valence-electron chi connectivity index (χ3n) is 2.71. The molecule has 1 aromatic heterocycles. The lowest BCUT2D eigenvalue weighted by Gasteiger charge is -2.23. The van der Waals surface area contributed by atoms with E-state index in [0.29, 0.717) is 0 Å². The fraction of sp³-hybridized carbons (Fsp3) is 0.455. The maximum absolute atomic E-state index is 11.1. The lowest BCUT2D eigenvalue weighted by atomic mass is 10.2. The van der Waals surface area contributed by atoms with Crippen molar-refractivity contribution in [3.63, 3.8) is 0 Å². The molecule has 2 heterocycles. The Balaban J connectivity index is 2.27. The summed E-state index contributed by atoms with van der Waals surface area (Å²) in [4.78, 5) is 17.0. The Morgan fingerprint density at radius 1 is 1.44 bits per heavy atom. The van der Waals surface area contributed by atoms with Crippen LogP contribution < -0.4 is 10.2 Å². The van der Waals surface area contributed by atoms with Crippen LogP contribution in [0.4, 0.5) is 5.69 Å².